The molecule has 0 aromatic heterocycles. The lowest BCUT2D eigenvalue weighted by atomic mass is 9.79. The molecule has 0 bridgehead atoms. The maximum Gasteiger partial charge on any atom is 0.0407 e. The fourth-order valence-corrected chi connectivity index (χ4v) is 5.63. The second kappa shape index (κ2) is 7.76. The number of rotatable bonds is 2. The van der Waals surface area contributed by atoms with Crippen molar-refractivity contribution < 1.29 is 0 Å². The molecule has 6 rings (SSSR count). The van der Waals surface area contributed by atoms with Crippen molar-refractivity contribution in [2.75, 3.05) is 36.0 Å². The quantitative estimate of drug-likeness (QED) is 0.441. The SMILES string of the molecule is Clc1ccc(N2CCN(c3ccc4c5c(ccc4c3)C3=C(CCC=C3)CC5)CC2)cc1. The summed E-state index contributed by atoms with van der Waals surface area (Å²) in [4.78, 5) is 4.98. The van der Waals surface area contributed by atoms with E-state index >= 15 is 0 Å². The van der Waals surface area contributed by atoms with Gasteiger partial charge in [-0.1, -0.05) is 47.5 Å². The highest BCUT2D eigenvalue weighted by Crippen LogP contribution is 2.40. The maximum absolute atomic E-state index is 6.05. The van der Waals surface area contributed by atoms with Gasteiger partial charge in [-0.3, -0.25) is 0 Å². The number of nitrogens with zero attached hydrogens (tertiary/aromatic N) is 2. The second-order valence-electron chi connectivity index (χ2n) is 8.91. The number of hydrogen-bond acceptors (Lipinski definition) is 2. The lowest BCUT2D eigenvalue weighted by Gasteiger charge is -2.37. The monoisotopic (exact) mass is 426 g/mol. The Labute approximate surface area is 189 Å². The van der Waals surface area contributed by atoms with Crippen LogP contribution in [0, 0.1) is 0 Å². The lowest BCUT2D eigenvalue weighted by Crippen LogP contribution is -2.46. The molecule has 0 unspecified atom stereocenters. The van der Waals surface area contributed by atoms with Crippen molar-refractivity contribution in [2.24, 2.45) is 0 Å². The number of halogens is 1. The molecule has 1 saturated heterocycles. The standard InChI is InChI=1S/C28H27ClN2/c29-22-7-9-23(10-8-22)30-15-17-31(18-16-30)24-11-14-26-21(19-24)6-13-27-25-4-2-1-3-20(25)5-12-28(26)27/h2,4,6-11,13-14,19H,1,3,5,12,15-18H2. The topological polar surface area (TPSA) is 6.48 Å². The van der Waals surface area contributed by atoms with Crippen molar-refractivity contribution >= 4 is 39.3 Å². The Balaban J connectivity index is 1.25. The minimum Gasteiger partial charge on any atom is -0.368 e. The minimum absolute atomic E-state index is 0.799. The Morgan fingerprint density at radius 2 is 1.45 bits per heavy atom. The third kappa shape index (κ3) is 3.43. The van der Waals surface area contributed by atoms with E-state index in [1.165, 1.54) is 59.0 Å². The Kier molecular flexibility index (Phi) is 4.76. The minimum atomic E-state index is 0.799. The van der Waals surface area contributed by atoms with Crippen LogP contribution >= 0.6 is 11.6 Å². The van der Waals surface area contributed by atoms with Crippen LogP contribution < -0.4 is 9.80 Å². The van der Waals surface area contributed by atoms with Gasteiger partial charge in [0.05, 0.1) is 0 Å². The Morgan fingerprint density at radius 3 is 2.26 bits per heavy atom. The smallest absolute Gasteiger partial charge is 0.0407 e. The summed E-state index contributed by atoms with van der Waals surface area (Å²) in [7, 11) is 0. The van der Waals surface area contributed by atoms with Gasteiger partial charge in [0.15, 0.2) is 0 Å². The zero-order valence-electron chi connectivity index (χ0n) is 17.8. The summed E-state index contributed by atoms with van der Waals surface area (Å²) < 4.78 is 0. The predicted octanol–water partition coefficient (Wildman–Crippen LogP) is 6.87. The predicted molar refractivity (Wildman–Crippen MR) is 133 cm³/mol. The molecule has 2 aliphatic carbocycles. The first-order valence-corrected chi connectivity index (χ1v) is 11.8. The Bertz CT molecular complexity index is 1200. The summed E-state index contributed by atoms with van der Waals surface area (Å²) in [5.74, 6) is 0. The molecule has 0 radical (unpaired) electrons. The second-order valence-corrected chi connectivity index (χ2v) is 9.34. The highest BCUT2D eigenvalue weighted by molar-refractivity contribution is 6.30. The number of anilines is 2. The largest absolute Gasteiger partial charge is 0.368 e. The highest BCUT2D eigenvalue weighted by Gasteiger charge is 2.22. The molecule has 0 amide bonds. The van der Waals surface area contributed by atoms with Crippen LogP contribution in [0.3, 0.4) is 0 Å². The van der Waals surface area contributed by atoms with Gasteiger partial charge >= 0.3 is 0 Å². The summed E-state index contributed by atoms with van der Waals surface area (Å²) in [5.41, 5.74) is 8.77. The fraction of sp³-hybridized carbons (Fsp3) is 0.286. The van der Waals surface area contributed by atoms with E-state index in [2.05, 4.69) is 64.4 Å². The normalized spacial score (nSPS) is 18.4. The number of hydrogen-bond donors (Lipinski definition) is 0. The first kappa shape index (κ1) is 19.0. The van der Waals surface area contributed by atoms with Gasteiger partial charge in [0, 0.05) is 42.6 Å². The van der Waals surface area contributed by atoms with E-state index in [0.717, 1.165) is 31.2 Å². The molecule has 0 atom stereocenters. The number of piperazine rings is 1. The molecular weight excluding hydrogens is 400 g/mol. The van der Waals surface area contributed by atoms with E-state index in [-0.39, 0.29) is 0 Å². The number of allylic oxidation sites excluding steroid dienone is 4. The van der Waals surface area contributed by atoms with Gasteiger partial charge in [-0.05, 0) is 89.6 Å². The average molecular weight is 427 g/mol. The number of benzene rings is 3. The molecule has 2 nitrogen and oxygen atoms in total. The molecule has 1 heterocycles. The summed E-state index contributed by atoms with van der Waals surface area (Å²) in [5, 5.41) is 3.61. The summed E-state index contributed by atoms with van der Waals surface area (Å²) in [6, 6.07) is 20.0. The molecule has 156 valence electrons. The first-order valence-electron chi connectivity index (χ1n) is 11.5. The van der Waals surface area contributed by atoms with E-state index in [0.29, 0.717) is 0 Å². The molecule has 31 heavy (non-hydrogen) atoms. The van der Waals surface area contributed by atoms with Gasteiger partial charge in [0.25, 0.3) is 0 Å². The van der Waals surface area contributed by atoms with E-state index in [1.807, 2.05) is 12.1 Å². The third-order valence-corrected chi connectivity index (χ3v) is 7.45. The van der Waals surface area contributed by atoms with Crippen LogP contribution in [-0.4, -0.2) is 26.2 Å². The van der Waals surface area contributed by atoms with Gasteiger partial charge in [0.2, 0.25) is 0 Å². The fourth-order valence-electron chi connectivity index (χ4n) is 5.50. The highest BCUT2D eigenvalue weighted by atomic mass is 35.5. The van der Waals surface area contributed by atoms with Gasteiger partial charge < -0.3 is 9.80 Å². The lowest BCUT2D eigenvalue weighted by molar-refractivity contribution is 0.654. The molecule has 0 spiro atoms. The van der Waals surface area contributed by atoms with Crippen LogP contribution in [0.1, 0.15) is 30.4 Å². The van der Waals surface area contributed by atoms with Crippen molar-refractivity contribution in [3.05, 3.63) is 88.5 Å². The Morgan fingerprint density at radius 1 is 0.710 bits per heavy atom. The molecule has 0 saturated carbocycles. The van der Waals surface area contributed by atoms with E-state index in [1.54, 1.807) is 11.1 Å². The van der Waals surface area contributed by atoms with Crippen molar-refractivity contribution in [1.29, 1.82) is 0 Å². The molecule has 3 aromatic carbocycles. The van der Waals surface area contributed by atoms with Crippen LogP contribution in [0.15, 0.2) is 72.3 Å². The van der Waals surface area contributed by atoms with Crippen LogP contribution in [0.5, 0.6) is 0 Å². The first-order chi connectivity index (χ1) is 15.3. The van der Waals surface area contributed by atoms with Gasteiger partial charge in [-0.15, -0.1) is 0 Å². The molecule has 0 N–H and O–H groups in total. The zero-order valence-corrected chi connectivity index (χ0v) is 18.5. The van der Waals surface area contributed by atoms with Crippen molar-refractivity contribution in [2.45, 2.75) is 25.7 Å². The van der Waals surface area contributed by atoms with E-state index < -0.39 is 0 Å². The zero-order chi connectivity index (χ0) is 20.8. The molecule has 1 aliphatic heterocycles. The van der Waals surface area contributed by atoms with Crippen LogP contribution in [0.4, 0.5) is 11.4 Å². The van der Waals surface area contributed by atoms with Gasteiger partial charge in [-0.25, -0.2) is 0 Å². The van der Waals surface area contributed by atoms with Gasteiger partial charge in [-0.2, -0.15) is 0 Å². The van der Waals surface area contributed by atoms with Crippen LogP contribution in [-0.2, 0) is 6.42 Å². The average Bonchev–Trinajstić information content (AvgIpc) is 2.84. The van der Waals surface area contributed by atoms with Crippen LogP contribution in [0.25, 0.3) is 16.3 Å². The Hall–Kier alpha value is -2.71. The van der Waals surface area contributed by atoms with Gasteiger partial charge in [0.1, 0.15) is 0 Å². The molecule has 3 heteroatoms. The third-order valence-electron chi connectivity index (χ3n) is 7.20. The van der Waals surface area contributed by atoms with Crippen molar-refractivity contribution in [1.82, 2.24) is 0 Å². The molecular formula is C28H27ClN2. The molecule has 1 fully saturated rings. The number of fused-ring (bicyclic) bond motifs is 4. The summed E-state index contributed by atoms with van der Waals surface area (Å²) in [6.45, 7) is 4.15. The summed E-state index contributed by atoms with van der Waals surface area (Å²) >= 11 is 6.05. The van der Waals surface area contributed by atoms with E-state index in [4.69, 9.17) is 11.6 Å². The molecule has 3 aliphatic rings. The van der Waals surface area contributed by atoms with Crippen molar-refractivity contribution in [3.63, 3.8) is 0 Å². The van der Waals surface area contributed by atoms with E-state index in [9.17, 15) is 0 Å². The summed E-state index contributed by atoms with van der Waals surface area (Å²) in [6.07, 6.45) is 9.54. The molecule has 3 aromatic rings. The maximum atomic E-state index is 6.05. The van der Waals surface area contributed by atoms with Crippen molar-refractivity contribution in [3.8, 4) is 0 Å². The number of aryl methyl sites for hydroxylation is 1. The van der Waals surface area contributed by atoms with Crippen LogP contribution in [0.2, 0.25) is 5.02 Å².